The number of aliphatic hydroxyl groups excluding tert-OH is 1. The van der Waals surface area contributed by atoms with Gasteiger partial charge in [-0.25, -0.2) is 4.79 Å². The van der Waals surface area contributed by atoms with Gasteiger partial charge in [0.2, 0.25) is 0 Å². The van der Waals surface area contributed by atoms with E-state index in [2.05, 4.69) is 5.32 Å². The number of rotatable bonds is 8. The molecule has 3 aromatic rings. The van der Waals surface area contributed by atoms with Crippen LogP contribution in [-0.2, 0) is 20.1 Å². The van der Waals surface area contributed by atoms with E-state index in [1.807, 2.05) is 17.0 Å². The Hall–Kier alpha value is -3.43. The van der Waals surface area contributed by atoms with Crippen LogP contribution < -0.4 is 30.9 Å². The maximum Gasteiger partial charge on any atom is 0.332 e. The highest BCUT2D eigenvalue weighted by Gasteiger charge is 2.36. The number of methoxy groups -OCH3 is 1. The number of aromatic nitrogens is 2. The van der Waals surface area contributed by atoms with Gasteiger partial charge in [0.25, 0.3) is 11.9 Å². The number of hydrogen-bond donors (Lipinski definition) is 2. The fraction of sp³-hybridized carbons (Fsp3) is 0.304. The van der Waals surface area contributed by atoms with E-state index in [4.69, 9.17) is 26.2 Å². The van der Waals surface area contributed by atoms with Crippen LogP contribution in [0.5, 0.6) is 11.5 Å². The molecule has 1 aliphatic heterocycles. The van der Waals surface area contributed by atoms with Gasteiger partial charge in [-0.1, -0.05) is 29.8 Å². The maximum atomic E-state index is 13.2. The van der Waals surface area contributed by atoms with E-state index in [9.17, 15) is 9.59 Å². The lowest BCUT2D eigenvalue weighted by atomic mass is 10.2. The minimum absolute atomic E-state index is 0.121. The predicted octanol–water partition coefficient (Wildman–Crippen LogP) is 2.39. The molecule has 0 saturated carbocycles. The molecular weight excluding hydrogens is 448 g/mol. The zero-order valence-corrected chi connectivity index (χ0v) is 19.1. The number of nitrogens with zero attached hydrogens (tertiary/aromatic N) is 3. The van der Waals surface area contributed by atoms with Crippen LogP contribution in [0, 0.1) is 0 Å². The summed E-state index contributed by atoms with van der Waals surface area (Å²) in [6.45, 7) is 0.360. The Morgan fingerprint density at radius 2 is 1.85 bits per heavy atom. The summed E-state index contributed by atoms with van der Waals surface area (Å²) >= 11 is 6.03. The van der Waals surface area contributed by atoms with Crippen LogP contribution in [0.1, 0.15) is 12.0 Å². The highest BCUT2D eigenvalue weighted by molar-refractivity contribution is 6.30. The van der Waals surface area contributed by atoms with Crippen molar-refractivity contribution in [2.75, 3.05) is 23.9 Å². The van der Waals surface area contributed by atoms with Gasteiger partial charge in [0.15, 0.2) is 0 Å². The van der Waals surface area contributed by atoms with Crippen molar-refractivity contribution in [1.82, 2.24) is 9.13 Å². The fourth-order valence-corrected chi connectivity index (χ4v) is 3.92. The van der Waals surface area contributed by atoms with Crippen molar-refractivity contribution in [2.45, 2.75) is 25.9 Å². The van der Waals surface area contributed by atoms with Gasteiger partial charge in [0, 0.05) is 37.8 Å². The molecule has 33 heavy (non-hydrogen) atoms. The van der Waals surface area contributed by atoms with Crippen molar-refractivity contribution in [3.63, 3.8) is 0 Å². The van der Waals surface area contributed by atoms with Gasteiger partial charge in [0.1, 0.15) is 23.0 Å². The molecule has 0 fully saturated rings. The van der Waals surface area contributed by atoms with Gasteiger partial charge >= 0.3 is 5.69 Å². The van der Waals surface area contributed by atoms with Crippen molar-refractivity contribution in [1.29, 1.82) is 0 Å². The Morgan fingerprint density at radius 3 is 2.55 bits per heavy atom. The van der Waals surface area contributed by atoms with Crippen LogP contribution in [0.2, 0.25) is 5.02 Å². The van der Waals surface area contributed by atoms with Crippen molar-refractivity contribution in [2.24, 2.45) is 7.05 Å². The molecule has 2 heterocycles. The normalized spacial score (nSPS) is 14.7. The quantitative estimate of drug-likeness (QED) is 0.519. The summed E-state index contributed by atoms with van der Waals surface area (Å²) in [5, 5.41) is 12.9. The van der Waals surface area contributed by atoms with Crippen molar-refractivity contribution in [3.8, 4) is 11.5 Å². The number of halogens is 1. The lowest BCUT2D eigenvalue weighted by molar-refractivity contribution is 0.226. The number of fused-ring (bicyclic) bond motifs is 1. The molecular formula is C23H25ClN4O5. The first-order valence-electron chi connectivity index (χ1n) is 10.5. The van der Waals surface area contributed by atoms with Gasteiger partial charge in [-0.15, -0.1) is 0 Å². The molecule has 1 unspecified atom stereocenters. The molecule has 1 aliphatic rings. The van der Waals surface area contributed by atoms with Crippen LogP contribution >= 0.6 is 11.6 Å². The fourth-order valence-electron chi connectivity index (χ4n) is 3.80. The van der Waals surface area contributed by atoms with E-state index in [1.54, 1.807) is 50.6 Å². The van der Waals surface area contributed by atoms with Crippen LogP contribution in [0.25, 0.3) is 0 Å². The van der Waals surface area contributed by atoms with E-state index in [0.717, 1.165) is 10.1 Å². The Bertz CT molecular complexity index is 1260. The number of hydrogen-bond acceptors (Lipinski definition) is 7. The number of aliphatic hydroxyl groups is 1. The van der Waals surface area contributed by atoms with Crippen molar-refractivity contribution in [3.05, 3.63) is 80.0 Å². The van der Waals surface area contributed by atoms with Gasteiger partial charge in [-0.2, -0.15) is 0 Å². The van der Waals surface area contributed by atoms with E-state index in [1.165, 1.54) is 4.57 Å². The molecule has 2 N–H and O–H groups in total. The second-order valence-corrected chi connectivity index (χ2v) is 8.06. The van der Waals surface area contributed by atoms with Crippen LogP contribution in [0.15, 0.2) is 58.1 Å². The van der Waals surface area contributed by atoms with E-state index in [-0.39, 0.29) is 18.8 Å². The second kappa shape index (κ2) is 9.60. The number of anilines is 2. The minimum atomic E-state index is -0.755. The molecule has 4 rings (SSSR count). The topological polar surface area (TPSA) is 98.0 Å². The molecule has 10 heteroatoms. The molecule has 2 aromatic carbocycles. The SMILES string of the molecule is COc1cccc(OC2Nc3c(n(C)c(=O)n(CCCO)c3=O)N2Cc2ccc(Cl)cc2)c1. The second-order valence-electron chi connectivity index (χ2n) is 7.62. The average Bonchev–Trinajstić information content (AvgIpc) is 3.17. The van der Waals surface area contributed by atoms with Crippen molar-refractivity contribution < 1.29 is 14.6 Å². The van der Waals surface area contributed by atoms with Crippen molar-refractivity contribution >= 4 is 23.1 Å². The lowest BCUT2D eigenvalue weighted by Crippen LogP contribution is -2.42. The van der Waals surface area contributed by atoms with Gasteiger partial charge in [0.05, 0.1) is 7.11 Å². The standard InChI is InChI=1S/C23H25ClN4O5/c1-26-20-19(21(30)27(23(26)31)11-4-12-29)25-22(33-18-6-3-5-17(13-18)32-2)28(20)14-15-7-9-16(24)10-8-15/h3,5-10,13,22,25,29H,4,11-12,14H2,1-2H3. The first-order chi connectivity index (χ1) is 15.9. The summed E-state index contributed by atoms with van der Waals surface area (Å²) in [5.74, 6) is 1.59. The minimum Gasteiger partial charge on any atom is -0.497 e. The van der Waals surface area contributed by atoms with E-state index >= 15 is 0 Å². The summed E-state index contributed by atoms with van der Waals surface area (Å²) in [7, 11) is 3.18. The van der Waals surface area contributed by atoms with Gasteiger partial charge in [-0.3, -0.25) is 18.8 Å². The average molecular weight is 473 g/mol. The highest BCUT2D eigenvalue weighted by atomic mass is 35.5. The molecule has 1 atom stereocenters. The number of ether oxygens (including phenoxy) is 2. The predicted molar refractivity (Wildman–Crippen MR) is 126 cm³/mol. The molecule has 0 bridgehead atoms. The summed E-state index contributed by atoms with van der Waals surface area (Å²) in [4.78, 5) is 27.9. The molecule has 1 aromatic heterocycles. The molecule has 9 nitrogen and oxygen atoms in total. The van der Waals surface area contributed by atoms with Crippen LogP contribution in [-0.4, -0.2) is 34.3 Å². The highest BCUT2D eigenvalue weighted by Crippen LogP contribution is 2.33. The third kappa shape index (κ3) is 4.55. The number of benzene rings is 2. The Kier molecular flexibility index (Phi) is 6.62. The summed E-state index contributed by atoms with van der Waals surface area (Å²) in [6, 6.07) is 14.5. The molecule has 0 spiro atoms. The maximum absolute atomic E-state index is 13.2. The molecule has 0 radical (unpaired) electrons. The Balaban J connectivity index is 1.77. The molecule has 0 saturated heterocycles. The first kappa shape index (κ1) is 22.8. The molecule has 174 valence electrons. The van der Waals surface area contributed by atoms with Gasteiger partial charge < -0.3 is 19.9 Å². The summed E-state index contributed by atoms with van der Waals surface area (Å²) < 4.78 is 14.0. The number of nitrogens with one attached hydrogen (secondary N) is 1. The summed E-state index contributed by atoms with van der Waals surface area (Å²) in [5.41, 5.74) is 0.263. The zero-order chi connectivity index (χ0) is 23.5. The smallest absolute Gasteiger partial charge is 0.332 e. The molecule has 0 aliphatic carbocycles. The van der Waals surface area contributed by atoms with Crippen LogP contribution in [0.4, 0.5) is 11.5 Å². The summed E-state index contributed by atoms with van der Waals surface area (Å²) in [6.07, 6.45) is -0.457. The van der Waals surface area contributed by atoms with Gasteiger partial charge in [-0.05, 0) is 36.2 Å². The van der Waals surface area contributed by atoms with Crippen LogP contribution in [0.3, 0.4) is 0 Å². The Labute approximate surface area is 195 Å². The zero-order valence-electron chi connectivity index (χ0n) is 18.3. The van der Waals surface area contributed by atoms with E-state index < -0.39 is 17.6 Å². The molecule has 0 amide bonds. The monoisotopic (exact) mass is 472 g/mol. The lowest BCUT2D eigenvalue weighted by Gasteiger charge is -2.28. The Morgan fingerprint density at radius 1 is 1.12 bits per heavy atom. The van der Waals surface area contributed by atoms with E-state index in [0.29, 0.717) is 35.3 Å². The largest absolute Gasteiger partial charge is 0.497 e. The third-order valence-corrected chi connectivity index (χ3v) is 5.69. The first-order valence-corrected chi connectivity index (χ1v) is 10.8. The third-order valence-electron chi connectivity index (χ3n) is 5.44.